The van der Waals surface area contributed by atoms with Gasteiger partial charge >= 0.3 is 0 Å². The van der Waals surface area contributed by atoms with Crippen LogP contribution in [0.1, 0.15) is 25.7 Å². The molecule has 0 N–H and O–H groups in total. The Morgan fingerprint density at radius 3 is 2.41 bits per heavy atom. The van der Waals surface area contributed by atoms with Crippen LogP contribution in [0.25, 0.3) is 0 Å². The molecule has 1 heterocycles. The largest absolute Gasteiger partial charge is 0.341 e. The molecule has 0 spiro atoms. The van der Waals surface area contributed by atoms with Crippen molar-refractivity contribution >= 4 is 15.7 Å². The summed E-state index contributed by atoms with van der Waals surface area (Å²) in [5.41, 5.74) is 0. The number of fused-ring (bicyclic) bond motifs is 1. The molecular weight excluding hydrogens is 238 g/mol. The molecule has 2 saturated carbocycles. The number of carbonyl (C=O) groups is 1. The Hall–Kier alpha value is -0.580. The average molecular weight is 257 g/mol. The van der Waals surface area contributed by atoms with Gasteiger partial charge in [-0.3, -0.25) is 4.79 Å². The first-order valence-corrected chi connectivity index (χ1v) is 8.36. The Labute approximate surface area is 102 Å². The third kappa shape index (κ3) is 2.34. The Balaban J connectivity index is 1.62. The summed E-state index contributed by atoms with van der Waals surface area (Å²) in [5.74, 6) is 2.42. The van der Waals surface area contributed by atoms with Crippen LogP contribution in [-0.2, 0) is 14.6 Å². The van der Waals surface area contributed by atoms with Crippen LogP contribution < -0.4 is 0 Å². The standard InChI is InChI=1S/C12H19NO3S/c14-12(11-7-9-6-10(9)8-11)13-2-1-4-17(15,16)5-3-13/h9-11H,1-8H2. The van der Waals surface area contributed by atoms with Crippen LogP contribution in [0.15, 0.2) is 0 Å². The van der Waals surface area contributed by atoms with Gasteiger partial charge in [-0.15, -0.1) is 0 Å². The van der Waals surface area contributed by atoms with Crippen molar-refractivity contribution in [3.05, 3.63) is 0 Å². The van der Waals surface area contributed by atoms with Crippen molar-refractivity contribution in [3.8, 4) is 0 Å². The second kappa shape index (κ2) is 3.97. The number of amides is 1. The molecule has 17 heavy (non-hydrogen) atoms. The maximum Gasteiger partial charge on any atom is 0.225 e. The van der Waals surface area contributed by atoms with Crippen LogP contribution >= 0.6 is 0 Å². The highest BCUT2D eigenvalue weighted by molar-refractivity contribution is 7.91. The van der Waals surface area contributed by atoms with E-state index in [-0.39, 0.29) is 23.3 Å². The highest BCUT2D eigenvalue weighted by Crippen LogP contribution is 2.54. The summed E-state index contributed by atoms with van der Waals surface area (Å²) in [6.07, 6.45) is 4.02. The van der Waals surface area contributed by atoms with Gasteiger partial charge < -0.3 is 4.90 Å². The van der Waals surface area contributed by atoms with E-state index in [9.17, 15) is 13.2 Å². The first-order chi connectivity index (χ1) is 8.05. The number of carbonyl (C=O) groups excluding carboxylic acids is 1. The second-order valence-corrected chi connectivity index (χ2v) is 8.06. The molecule has 1 amide bonds. The van der Waals surface area contributed by atoms with Crippen LogP contribution in [0.2, 0.25) is 0 Å². The highest BCUT2D eigenvalue weighted by Gasteiger charge is 2.48. The van der Waals surface area contributed by atoms with Crippen molar-refractivity contribution in [2.45, 2.75) is 25.7 Å². The SMILES string of the molecule is O=C(C1CC2CC2C1)N1CCCS(=O)(=O)CC1. The maximum absolute atomic E-state index is 12.3. The minimum absolute atomic E-state index is 0.151. The van der Waals surface area contributed by atoms with E-state index in [4.69, 9.17) is 0 Å². The van der Waals surface area contributed by atoms with Gasteiger partial charge in [-0.2, -0.15) is 0 Å². The van der Waals surface area contributed by atoms with Crippen molar-refractivity contribution in [1.29, 1.82) is 0 Å². The number of rotatable bonds is 1. The third-order valence-corrected chi connectivity index (χ3v) is 6.18. The van der Waals surface area contributed by atoms with Gasteiger partial charge in [0, 0.05) is 19.0 Å². The molecule has 2 aliphatic carbocycles. The Morgan fingerprint density at radius 2 is 1.71 bits per heavy atom. The summed E-state index contributed by atoms with van der Waals surface area (Å²) < 4.78 is 23.0. The van der Waals surface area contributed by atoms with Gasteiger partial charge in [-0.05, 0) is 37.5 Å². The molecular formula is C12H19NO3S. The van der Waals surface area contributed by atoms with Crippen LogP contribution in [0.5, 0.6) is 0 Å². The average Bonchev–Trinajstić information content (AvgIpc) is 2.94. The molecule has 1 saturated heterocycles. The lowest BCUT2D eigenvalue weighted by Gasteiger charge is -2.24. The van der Waals surface area contributed by atoms with Crippen LogP contribution in [0.4, 0.5) is 0 Å². The van der Waals surface area contributed by atoms with Crippen LogP contribution in [0, 0.1) is 17.8 Å². The van der Waals surface area contributed by atoms with Crippen LogP contribution in [-0.4, -0.2) is 43.8 Å². The molecule has 0 aromatic heterocycles. The Bertz CT molecular complexity index is 421. The monoisotopic (exact) mass is 257 g/mol. The van der Waals surface area contributed by atoms with E-state index in [2.05, 4.69) is 0 Å². The zero-order chi connectivity index (χ0) is 12.0. The molecule has 0 aromatic carbocycles. The number of hydrogen-bond acceptors (Lipinski definition) is 3. The zero-order valence-corrected chi connectivity index (χ0v) is 10.8. The highest BCUT2D eigenvalue weighted by atomic mass is 32.2. The topological polar surface area (TPSA) is 54.5 Å². The van der Waals surface area contributed by atoms with E-state index in [0.29, 0.717) is 19.5 Å². The van der Waals surface area contributed by atoms with Gasteiger partial charge in [0.2, 0.25) is 5.91 Å². The van der Waals surface area contributed by atoms with E-state index < -0.39 is 9.84 Å². The zero-order valence-electron chi connectivity index (χ0n) is 9.97. The molecule has 96 valence electrons. The summed E-state index contributed by atoms with van der Waals surface area (Å²) in [6, 6.07) is 0. The number of sulfone groups is 1. The van der Waals surface area contributed by atoms with Gasteiger partial charge in [-0.1, -0.05) is 0 Å². The first kappa shape index (κ1) is 11.5. The molecule has 0 bridgehead atoms. The van der Waals surface area contributed by atoms with E-state index in [1.54, 1.807) is 4.90 Å². The molecule has 0 aromatic rings. The van der Waals surface area contributed by atoms with E-state index in [0.717, 1.165) is 24.7 Å². The molecule has 5 heteroatoms. The Morgan fingerprint density at radius 1 is 1.00 bits per heavy atom. The normalized spacial score (nSPS) is 39.5. The third-order valence-electron chi connectivity index (χ3n) is 4.46. The molecule has 0 radical (unpaired) electrons. The van der Waals surface area contributed by atoms with Gasteiger partial charge in [0.05, 0.1) is 11.5 Å². The summed E-state index contributed by atoms with van der Waals surface area (Å²) in [4.78, 5) is 14.1. The van der Waals surface area contributed by atoms with E-state index >= 15 is 0 Å². The van der Waals surface area contributed by atoms with E-state index in [1.165, 1.54) is 6.42 Å². The van der Waals surface area contributed by atoms with E-state index in [1.807, 2.05) is 0 Å². The summed E-state index contributed by atoms with van der Waals surface area (Å²) in [6.45, 7) is 1.04. The molecule has 4 nitrogen and oxygen atoms in total. The fraction of sp³-hybridized carbons (Fsp3) is 0.917. The molecule has 3 aliphatic rings. The summed E-state index contributed by atoms with van der Waals surface area (Å²) in [5, 5.41) is 0. The number of hydrogen-bond donors (Lipinski definition) is 0. The van der Waals surface area contributed by atoms with Gasteiger partial charge in [0.15, 0.2) is 9.84 Å². The lowest BCUT2D eigenvalue weighted by molar-refractivity contribution is -0.135. The first-order valence-electron chi connectivity index (χ1n) is 6.54. The smallest absolute Gasteiger partial charge is 0.225 e. The summed E-state index contributed by atoms with van der Waals surface area (Å²) >= 11 is 0. The fourth-order valence-electron chi connectivity index (χ4n) is 3.33. The van der Waals surface area contributed by atoms with Gasteiger partial charge in [0.25, 0.3) is 0 Å². The quantitative estimate of drug-likeness (QED) is 0.694. The second-order valence-electron chi connectivity index (χ2n) is 5.75. The molecule has 3 fully saturated rings. The van der Waals surface area contributed by atoms with Crippen molar-refractivity contribution in [3.63, 3.8) is 0 Å². The lowest BCUT2D eigenvalue weighted by Crippen LogP contribution is -2.37. The minimum Gasteiger partial charge on any atom is -0.341 e. The predicted molar refractivity (Wildman–Crippen MR) is 64.2 cm³/mol. The number of nitrogens with zero attached hydrogens (tertiary/aromatic N) is 1. The van der Waals surface area contributed by atoms with Crippen molar-refractivity contribution in [1.82, 2.24) is 4.90 Å². The maximum atomic E-state index is 12.3. The summed E-state index contributed by atoms with van der Waals surface area (Å²) in [7, 11) is -2.91. The minimum atomic E-state index is -2.91. The van der Waals surface area contributed by atoms with Gasteiger partial charge in [-0.25, -0.2) is 8.42 Å². The van der Waals surface area contributed by atoms with Crippen molar-refractivity contribution in [2.24, 2.45) is 17.8 Å². The molecule has 1 aliphatic heterocycles. The van der Waals surface area contributed by atoms with Crippen molar-refractivity contribution in [2.75, 3.05) is 24.6 Å². The van der Waals surface area contributed by atoms with Crippen LogP contribution in [0.3, 0.4) is 0 Å². The Kier molecular flexibility index (Phi) is 2.69. The fourth-order valence-corrected chi connectivity index (χ4v) is 4.61. The molecule has 3 rings (SSSR count). The van der Waals surface area contributed by atoms with Gasteiger partial charge in [0.1, 0.15) is 0 Å². The predicted octanol–water partition coefficient (Wildman–Crippen LogP) is 0.680. The lowest BCUT2D eigenvalue weighted by atomic mass is 10.0. The molecule has 2 unspecified atom stereocenters. The van der Waals surface area contributed by atoms with Crippen molar-refractivity contribution < 1.29 is 13.2 Å². The molecule has 2 atom stereocenters.